The Labute approximate surface area is 160 Å². The molecule has 0 spiro atoms. The first kappa shape index (κ1) is 19.2. The van der Waals surface area contributed by atoms with E-state index in [-0.39, 0.29) is 21.3 Å². The number of halogens is 6. The number of rotatable bonds is 3. The van der Waals surface area contributed by atoms with E-state index in [2.05, 4.69) is 10.4 Å². The van der Waals surface area contributed by atoms with Crippen LogP contribution in [0.4, 0.5) is 23.2 Å². The molecule has 0 aliphatic carbocycles. The number of carbonyl (C=O) groups excluding carboxylic acids is 1. The van der Waals surface area contributed by atoms with Crippen LogP contribution in [-0.2, 0) is 6.18 Å². The summed E-state index contributed by atoms with van der Waals surface area (Å²) in [6, 6.07) is 6.58. The van der Waals surface area contributed by atoms with Gasteiger partial charge in [-0.3, -0.25) is 4.79 Å². The van der Waals surface area contributed by atoms with Crippen molar-refractivity contribution in [2.45, 2.75) is 6.18 Å². The number of aromatic nitrogens is 2. The predicted octanol–water partition coefficient (Wildman–Crippen LogP) is 5.59. The molecule has 1 heterocycles. The predicted molar refractivity (Wildman–Crippen MR) is 92.9 cm³/mol. The molecule has 140 valence electrons. The summed E-state index contributed by atoms with van der Waals surface area (Å²) in [6.07, 6.45) is -1.86. The molecule has 1 aromatic heterocycles. The van der Waals surface area contributed by atoms with Gasteiger partial charge < -0.3 is 5.32 Å². The molecule has 0 fully saturated rings. The molecule has 0 saturated carbocycles. The molecule has 0 aliphatic heterocycles. The minimum absolute atomic E-state index is 0.154. The average molecular weight is 418 g/mol. The lowest BCUT2D eigenvalue weighted by molar-refractivity contribution is -0.136. The monoisotopic (exact) mass is 417 g/mol. The van der Waals surface area contributed by atoms with Crippen molar-refractivity contribution in [1.82, 2.24) is 9.78 Å². The molecule has 0 bridgehead atoms. The first-order valence-electron chi connectivity index (χ1n) is 7.34. The van der Waals surface area contributed by atoms with Gasteiger partial charge in [0.05, 0.1) is 32.5 Å². The number of amides is 1. The summed E-state index contributed by atoms with van der Waals surface area (Å²) < 4.78 is 55.1. The van der Waals surface area contributed by atoms with Crippen molar-refractivity contribution >= 4 is 34.8 Å². The van der Waals surface area contributed by atoms with Crippen LogP contribution in [0.25, 0.3) is 5.69 Å². The van der Waals surface area contributed by atoms with Crippen LogP contribution in [-0.4, -0.2) is 15.7 Å². The zero-order chi connectivity index (χ0) is 19.8. The van der Waals surface area contributed by atoms with Gasteiger partial charge in [0.1, 0.15) is 5.82 Å². The molecule has 2 aromatic carbocycles. The average Bonchev–Trinajstić information content (AvgIpc) is 3.12. The van der Waals surface area contributed by atoms with Gasteiger partial charge in [0, 0.05) is 12.4 Å². The Morgan fingerprint density at radius 3 is 2.48 bits per heavy atom. The second-order valence-corrected chi connectivity index (χ2v) is 6.19. The molecule has 0 atom stereocenters. The Bertz CT molecular complexity index is 1000. The maximum atomic E-state index is 13.6. The van der Waals surface area contributed by atoms with Crippen molar-refractivity contribution in [3.05, 3.63) is 75.8 Å². The van der Waals surface area contributed by atoms with E-state index in [1.54, 1.807) is 6.07 Å². The minimum Gasteiger partial charge on any atom is -0.321 e. The van der Waals surface area contributed by atoms with E-state index in [1.165, 1.54) is 23.1 Å². The third kappa shape index (κ3) is 4.06. The normalized spacial score (nSPS) is 11.5. The highest BCUT2D eigenvalue weighted by Crippen LogP contribution is 2.36. The van der Waals surface area contributed by atoms with Gasteiger partial charge in [0.15, 0.2) is 0 Å². The van der Waals surface area contributed by atoms with Crippen molar-refractivity contribution in [1.29, 1.82) is 0 Å². The molecule has 3 rings (SSSR count). The van der Waals surface area contributed by atoms with Gasteiger partial charge >= 0.3 is 6.18 Å². The Morgan fingerprint density at radius 1 is 1.11 bits per heavy atom. The van der Waals surface area contributed by atoms with Gasteiger partial charge in [-0.2, -0.15) is 18.3 Å². The number of hydrogen-bond acceptors (Lipinski definition) is 2. The summed E-state index contributed by atoms with van der Waals surface area (Å²) in [4.78, 5) is 12.3. The van der Waals surface area contributed by atoms with Gasteiger partial charge in [0.2, 0.25) is 0 Å². The first-order valence-corrected chi connectivity index (χ1v) is 8.09. The summed E-state index contributed by atoms with van der Waals surface area (Å²) in [5, 5.41) is 5.48. The van der Waals surface area contributed by atoms with E-state index in [0.717, 1.165) is 24.3 Å². The fraction of sp³-hybridized carbons (Fsp3) is 0.0588. The Balaban J connectivity index is 1.99. The fourth-order valence-electron chi connectivity index (χ4n) is 2.33. The number of nitrogens with zero attached hydrogens (tertiary/aromatic N) is 2. The van der Waals surface area contributed by atoms with Crippen LogP contribution in [0.5, 0.6) is 0 Å². The molecule has 0 aliphatic rings. The summed E-state index contributed by atoms with van der Waals surface area (Å²) in [5.41, 5.74) is -1.78. The highest BCUT2D eigenvalue weighted by Gasteiger charge is 2.34. The van der Waals surface area contributed by atoms with Gasteiger partial charge in [0.25, 0.3) is 5.91 Å². The number of hydrogen-bond donors (Lipinski definition) is 1. The maximum absolute atomic E-state index is 13.6. The summed E-state index contributed by atoms with van der Waals surface area (Å²) in [7, 11) is 0. The number of carbonyl (C=O) groups is 1. The molecule has 3 aromatic rings. The Kier molecular flexibility index (Phi) is 5.12. The third-order valence-corrected chi connectivity index (χ3v) is 4.18. The van der Waals surface area contributed by atoms with Gasteiger partial charge in [-0.15, -0.1) is 0 Å². The summed E-state index contributed by atoms with van der Waals surface area (Å²) in [5.74, 6) is -1.93. The standard InChI is InChI=1S/C17H9Cl2F4N3O/c18-12-8-13(19)14(20)7-10(12)16(27)25-15-3-2-9(26-5-1-4-24-26)6-11(15)17(21,22)23/h1-8H,(H,25,27). The van der Waals surface area contributed by atoms with Crippen molar-refractivity contribution in [2.75, 3.05) is 5.32 Å². The van der Waals surface area contributed by atoms with E-state index < -0.39 is 29.2 Å². The van der Waals surface area contributed by atoms with Crippen molar-refractivity contribution < 1.29 is 22.4 Å². The molecule has 0 saturated heterocycles. The largest absolute Gasteiger partial charge is 0.418 e. The lowest BCUT2D eigenvalue weighted by atomic mass is 10.1. The lowest BCUT2D eigenvalue weighted by Crippen LogP contribution is -2.18. The van der Waals surface area contributed by atoms with Gasteiger partial charge in [-0.1, -0.05) is 23.2 Å². The SMILES string of the molecule is O=C(Nc1ccc(-n2cccn2)cc1C(F)(F)F)c1cc(F)c(Cl)cc1Cl. The van der Waals surface area contributed by atoms with Crippen LogP contribution >= 0.6 is 23.2 Å². The number of nitrogens with one attached hydrogen (secondary N) is 1. The van der Waals surface area contributed by atoms with Crippen LogP contribution in [0.1, 0.15) is 15.9 Å². The van der Waals surface area contributed by atoms with Gasteiger partial charge in [-0.05, 0) is 36.4 Å². The molecule has 4 nitrogen and oxygen atoms in total. The molecule has 0 radical (unpaired) electrons. The molecular formula is C17H9Cl2F4N3O. The van der Waals surface area contributed by atoms with Crippen LogP contribution in [0.15, 0.2) is 48.8 Å². The van der Waals surface area contributed by atoms with E-state index in [4.69, 9.17) is 23.2 Å². The Hall–Kier alpha value is -2.58. The summed E-state index contributed by atoms with van der Waals surface area (Å²) >= 11 is 11.4. The second kappa shape index (κ2) is 7.21. The molecule has 27 heavy (non-hydrogen) atoms. The van der Waals surface area contributed by atoms with Crippen LogP contribution in [0, 0.1) is 5.82 Å². The van der Waals surface area contributed by atoms with Crippen LogP contribution < -0.4 is 5.32 Å². The van der Waals surface area contributed by atoms with Crippen LogP contribution in [0.2, 0.25) is 10.0 Å². The third-order valence-electron chi connectivity index (χ3n) is 3.58. The number of anilines is 1. The topological polar surface area (TPSA) is 46.9 Å². The zero-order valence-electron chi connectivity index (χ0n) is 13.2. The molecule has 1 amide bonds. The molecule has 1 N–H and O–H groups in total. The molecule has 10 heteroatoms. The first-order chi connectivity index (χ1) is 12.7. The lowest BCUT2D eigenvalue weighted by Gasteiger charge is -2.16. The highest BCUT2D eigenvalue weighted by atomic mass is 35.5. The zero-order valence-corrected chi connectivity index (χ0v) is 14.7. The quantitative estimate of drug-likeness (QED) is 0.446. The maximum Gasteiger partial charge on any atom is 0.418 e. The molecule has 0 unspecified atom stereocenters. The fourth-order valence-corrected chi connectivity index (χ4v) is 2.80. The van der Waals surface area contributed by atoms with Crippen LogP contribution in [0.3, 0.4) is 0 Å². The van der Waals surface area contributed by atoms with Crippen molar-refractivity contribution in [3.63, 3.8) is 0 Å². The van der Waals surface area contributed by atoms with E-state index >= 15 is 0 Å². The van der Waals surface area contributed by atoms with Gasteiger partial charge in [-0.25, -0.2) is 9.07 Å². The van der Waals surface area contributed by atoms with E-state index in [1.807, 2.05) is 0 Å². The number of alkyl halides is 3. The van der Waals surface area contributed by atoms with Crippen molar-refractivity contribution in [2.24, 2.45) is 0 Å². The van der Waals surface area contributed by atoms with E-state index in [0.29, 0.717) is 0 Å². The number of benzene rings is 2. The smallest absolute Gasteiger partial charge is 0.321 e. The van der Waals surface area contributed by atoms with Crippen molar-refractivity contribution in [3.8, 4) is 5.69 Å². The Morgan fingerprint density at radius 2 is 1.85 bits per heavy atom. The van der Waals surface area contributed by atoms with E-state index in [9.17, 15) is 22.4 Å². The summed E-state index contributed by atoms with van der Waals surface area (Å²) in [6.45, 7) is 0. The second-order valence-electron chi connectivity index (χ2n) is 5.38. The highest BCUT2D eigenvalue weighted by molar-refractivity contribution is 6.37. The molecular weight excluding hydrogens is 409 g/mol. The minimum atomic E-state index is -4.75.